The van der Waals surface area contributed by atoms with Crippen LogP contribution in [-0.4, -0.2) is 85.0 Å². The summed E-state index contributed by atoms with van der Waals surface area (Å²) in [5.41, 5.74) is 0. The average molecular weight is 299 g/mol. The molecule has 0 radical (unpaired) electrons. The van der Waals surface area contributed by atoms with Crippen LogP contribution < -0.4 is 0 Å². The first-order chi connectivity index (χ1) is 9.79. The lowest BCUT2D eigenvalue weighted by Gasteiger charge is -2.23. The van der Waals surface area contributed by atoms with E-state index in [1.807, 2.05) is 19.0 Å². The quantitative estimate of drug-likeness (QED) is 0.771. The molecule has 1 fully saturated rings. The smallest absolute Gasteiger partial charge is 0.309 e. The number of hydrogen-bond acceptors (Lipinski definition) is 4. The molecule has 1 aliphatic rings. The SMILES string of the molecule is CC(C)CCN1CCN(C(=O)CN(C)C)CC(C(=O)O)C1. The predicted octanol–water partition coefficient (Wildman–Crippen LogP) is 0.439. The number of amides is 1. The number of carboxylic acid groups (broad SMARTS) is 1. The van der Waals surface area contributed by atoms with Crippen molar-refractivity contribution in [2.45, 2.75) is 20.3 Å². The molecule has 1 unspecified atom stereocenters. The summed E-state index contributed by atoms with van der Waals surface area (Å²) in [5.74, 6) is -0.695. The molecule has 1 heterocycles. The van der Waals surface area contributed by atoms with Gasteiger partial charge in [-0.25, -0.2) is 0 Å². The van der Waals surface area contributed by atoms with Gasteiger partial charge in [-0.1, -0.05) is 13.8 Å². The molecule has 1 saturated heterocycles. The lowest BCUT2D eigenvalue weighted by Crippen LogP contribution is -2.42. The normalized spacial score (nSPS) is 20.9. The van der Waals surface area contributed by atoms with E-state index in [0.717, 1.165) is 19.5 Å². The van der Waals surface area contributed by atoms with Gasteiger partial charge >= 0.3 is 5.97 Å². The molecule has 1 aliphatic heterocycles. The lowest BCUT2D eigenvalue weighted by atomic mass is 10.1. The summed E-state index contributed by atoms with van der Waals surface area (Å²) in [5, 5.41) is 9.36. The fourth-order valence-electron chi connectivity index (χ4n) is 2.48. The molecule has 0 aromatic heterocycles. The molecule has 1 N–H and O–H groups in total. The second-order valence-electron chi connectivity index (χ2n) is 6.60. The molecular formula is C15H29N3O3. The van der Waals surface area contributed by atoms with Crippen LogP contribution >= 0.6 is 0 Å². The minimum Gasteiger partial charge on any atom is -0.481 e. The Kier molecular flexibility index (Phi) is 7.11. The van der Waals surface area contributed by atoms with Gasteiger partial charge in [-0.15, -0.1) is 0 Å². The fraction of sp³-hybridized carbons (Fsp3) is 0.867. The standard InChI is InChI=1S/C15H29N3O3/c1-12(2)5-6-17-7-8-18(14(19)11-16(3)4)10-13(9-17)15(20)21/h12-13H,5-11H2,1-4H3,(H,20,21). The van der Waals surface area contributed by atoms with Crippen molar-refractivity contribution in [3.8, 4) is 0 Å². The maximum atomic E-state index is 12.2. The summed E-state index contributed by atoms with van der Waals surface area (Å²) < 4.78 is 0. The Morgan fingerprint density at radius 2 is 1.90 bits per heavy atom. The molecule has 0 aromatic carbocycles. The van der Waals surface area contributed by atoms with E-state index in [0.29, 0.717) is 32.1 Å². The molecule has 0 spiro atoms. The maximum absolute atomic E-state index is 12.2. The van der Waals surface area contributed by atoms with E-state index in [1.165, 1.54) is 0 Å². The highest BCUT2D eigenvalue weighted by atomic mass is 16.4. The molecule has 0 aliphatic carbocycles. The second-order valence-corrected chi connectivity index (χ2v) is 6.60. The Hall–Kier alpha value is -1.14. The van der Waals surface area contributed by atoms with Crippen molar-refractivity contribution >= 4 is 11.9 Å². The van der Waals surface area contributed by atoms with E-state index < -0.39 is 11.9 Å². The summed E-state index contributed by atoms with van der Waals surface area (Å²) >= 11 is 0. The first-order valence-electron chi connectivity index (χ1n) is 7.67. The van der Waals surface area contributed by atoms with Crippen LogP contribution in [0.5, 0.6) is 0 Å². The van der Waals surface area contributed by atoms with Gasteiger partial charge in [-0.2, -0.15) is 0 Å². The van der Waals surface area contributed by atoms with E-state index in [-0.39, 0.29) is 5.91 Å². The van der Waals surface area contributed by atoms with Crippen molar-refractivity contribution in [1.29, 1.82) is 0 Å². The van der Waals surface area contributed by atoms with Crippen molar-refractivity contribution in [2.75, 3.05) is 53.4 Å². The van der Waals surface area contributed by atoms with Gasteiger partial charge in [-0.3, -0.25) is 9.59 Å². The van der Waals surface area contributed by atoms with Crippen molar-refractivity contribution in [2.24, 2.45) is 11.8 Å². The van der Waals surface area contributed by atoms with Crippen LogP contribution in [0.15, 0.2) is 0 Å². The van der Waals surface area contributed by atoms with E-state index in [4.69, 9.17) is 0 Å². The Bertz CT molecular complexity index is 358. The number of carboxylic acids is 1. The van der Waals surface area contributed by atoms with E-state index in [9.17, 15) is 14.7 Å². The highest BCUT2D eigenvalue weighted by molar-refractivity contribution is 5.79. The molecule has 0 aromatic rings. The van der Waals surface area contributed by atoms with Crippen LogP contribution in [0.1, 0.15) is 20.3 Å². The van der Waals surface area contributed by atoms with Crippen LogP contribution in [0.4, 0.5) is 0 Å². The molecule has 122 valence electrons. The van der Waals surface area contributed by atoms with Crippen molar-refractivity contribution < 1.29 is 14.7 Å². The van der Waals surface area contributed by atoms with Crippen molar-refractivity contribution in [1.82, 2.24) is 14.7 Å². The Labute approximate surface area is 127 Å². The van der Waals surface area contributed by atoms with Gasteiger partial charge in [0.15, 0.2) is 0 Å². The number of carbonyl (C=O) groups excluding carboxylic acids is 1. The van der Waals surface area contributed by atoms with Crippen LogP contribution in [0.3, 0.4) is 0 Å². The third-order valence-electron chi connectivity index (χ3n) is 3.78. The molecule has 6 nitrogen and oxygen atoms in total. The van der Waals surface area contributed by atoms with E-state index in [1.54, 1.807) is 4.90 Å². The van der Waals surface area contributed by atoms with Gasteiger partial charge in [-0.05, 0) is 33.0 Å². The lowest BCUT2D eigenvalue weighted by molar-refractivity contribution is -0.143. The molecule has 1 rings (SSSR count). The number of nitrogens with zero attached hydrogens (tertiary/aromatic N) is 3. The molecule has 0 bridgehead atoms. The summed E-state index contributed by atoms with van der Waals surface area (Å²) in [4.78, 5) is 29.3. The van der Waals surface area contributed by atoms with E-state index >= 15 is 0 Å². The van der Waals surface area contributed by atoms with Crippen LogP contribution in [0.25, 0.3) is 0 Å². The van der Waals surface area contributed by atoms with Gasteiger partial charge in [0.2, 0.25) is 5.91 Å². The minimum absolute atomic E-state index is 0.0111. The molecule has 21 heavy (non-hydrogen) atoms. The molecule has 1 atom stereocenters. The summed E-state index contributed by atoms with van der Waals surface area (Å²) in [6, 6.07) is 0. The molecular weight excluding hydrogens is 270 g/mol. The van der Waals surface area contributed by atoms with Gasteiger partial charge in [0.25, 0.3) is 0 Å². The monoisotopic (exact) mass is 299 g/mol. The molecule has 6 heteroatoms. The third-order valence-corrected chi connectivity index (χ3v) is 3.78. The first-order valence-corrected chi connectivity index (χ1v) is 7.67. The predicted molar refractivity (Wildman–Crippen MR) is 82.2 cm³/mol. The Morgan fingerprint density at radius 3 is 2.43 bits per heavy atom. The number of carbonyl (C=O) groups is 2. The van der Waals surface area contributed by atoms with Gasteiger partial charge < -0.3 is 19.8 Å². The number of hydrogen-bond donors (Lipinski definition) is 1. The maximum Gasteiger partial charge on any atom is 0.309 e. The van der Waals surface area contributed by atoms with Crippen LogP contribution in [0.2, 0.25) is 0 Å². The Morgan fingerprint density at radius 1 is 1.24 bits per heavy atom. The molecule has 0 saturated carbocycles. The fourth-order valence-corrected chi connectivity index (χ4v) is 2.48. The highest BCUT2D eigenvalue weighted by Gasteiger charge is 2.29. The Balaban J connectivity index is 2.67. The van der Waals surface area contributed by atoms with Crippen molar-refractivity contribution in [3.63, 3.8) is 0 Å². The average Bonchev–Trinajstić information content (AvgIpc) is 2.58. The number of likely N-dealkylation sites (N-methyl/N-ethyl adjacent to an activating group) is 1. The van der Waals surface area contributed by atoms with Gasteiger partial charge in [0, 0.05) is 26.2 Å². The first kappa shape index (κ1) is 17.9. The van der Waals surface area contributed by atoms with E-state index in [2.05, 4.69) is 18.7 Å². The molecule has 1 amide bonds. The zero-order valence-electron chi connectivity index (χ0n) is 13.7. The number of rotatable bonds is 6. The van der Waals surface area contributed by atoms with Crippen LogP contribution in [-0.2, 0) is 9.59 Å². The summed E-state index contributed by atoms with van der Waals surface area (Å²) in [6.07, 6.45) is 1.05. The largest absolute Gasteiger partial charge is 0.481 e. The third kappa shape index (κ3) is 6.44. The highest BCUT2D eigenvalue weighted by Crippen LogP contribution is 2.12. The van der Waals surface area contributed by atoms with Crippen LogP contribution in [0, 0.1) is 11.8 Å². The van der Waals surface area contributed by atoms with Gasteiger partial charge in [0.1, 0.15) is 0 Å². The summed E-state index contributed by atoms with van der Waals surface area (Å²) in [7, 11) is 3.69. The second kappa shape index (κ2) is 8.34. The zero-order valence-corrected chi connectivity index (χ0v) is 13.7. The minimum atomic E-state index is -0.811. The zero-order chi connectivity index (χ0) is 16.0. The number of aliphatic carboxylic acids is 1. The van der Waals surface area contributed by atoms with Crippen molar-refractivity contribution in [3.05, 3.63) is 0 Å². The topological polar surface area (TPSA) is 64.1 Å². The summed E-state index contributed by atoms with van der Waals surface area (Å²) in [6.45, 7) is 7.80. The van der Waals surface area contributed by atoms with Gasteiger partial charge in [0.05, 0.1) is 12.5 Å².